The number of allylic oxidation sites excluding steroid dienone is 2. The molecule has 0 radical (unpaired) electrons. The van der Waals surface area contributed by atoms with Crippen molar-refractivity contribution in [1.29, 1.82) is 0 Å². The third kappa shape index (κ3) is 7.55. The lowest BCUT2D eigenvalue weighted by Crippen LogP contribution is -2.06. The summed E-state index contributed by atoms with van der Waals surface area (Å²) in [5, 5.41) is 0. The van der Waals surface area contributed by atoms with Crippen LogP contribution < -0.4 is 16.4 Å². The number of hydrogen-bond donors (Lipinski definition) is 2. The van der Waals surface area contributed by atoms with E-state index >= 15 is 0 Å². The Morgan fingerprint density at radius 3 is 2.08 bits per heavy atom. The summed E-state index contributed by atoms with van der Waals surface area (Å²) >= 11 is 0. The highest BCUT2D eigenvalue weighted by Crippen LogP contribution is 2.30. The molecule has 2 rings (SSSR count). The summed E-state index contributed by atoms with van der Waals surface area (Å²) < 4.78 is 5.87. The Morgan fingerprint density at radius 2 is 1.56 bits per heavy atom. The van der Waals surface area contributed by atoms with E-state index in [1.807, 2.05) is 18.2 Å². The zero-order valence-electron chi connectivity index (χ0n) is 15.9. The topological polar surface area (TPSA) is 61.3 Å². The third-order valence-corrected chi connectivity index (χ3v) is 4.14. The maximum atomic E-state index is 5.87. The largest absolute Gasteiger partial charge is 0.489 e. The predicted molar refractivity (Wildman–Crippen MR) is 107 cm³/mol. The quantitative estimate of drug-likeness (QED) is 0.415. The average Bonchev–Trinajstić information content (AvgIpc) is 2.63. The fourth-order valence-corrected chi connectivity index (χ4v) is 2.71. The van der Waals surface area contributed by atoms with Crippen molar-refractivity contribution in [3.63, 3.8) is 0 Å². The second-order valence-electron chi connectivity index (χ2n) is 6.71. The maximum absolute atomic E-state index is 5.87. The normalized spacial score (nSPS) is 11.3. The van der Waals surface area contributed by atoms with Crippen LogP contribution in [0.4, 0.5) is 0 Å². The molecule has 0 saturated heterocycles. The first kappa shape index (κ1) is 20.9. The molecular formula is C22H32N2O. The van der Waals surface area contributed by atoms with Gasteiger partial charge < -0.3 is 4.74 Å². The molecule has 3 nitrogen and oxygen atoms in total. The SMILES string of the molecule is CC(C)=CCC(c1ccc(OCc2ccccc2)cc1)C(C)C.NN. The minimum absolute atomic E-state index is 0.563. The lowest BCUT2D eigenvalue weighted by molar-refractivity contribution is 0.306. The van der Waals surface area contributed by atoms with E-state index in [0.29, 0.717) is 18.4 Å². The molecule has 1 atom stereocenters. The van der Waals surface area contributed by atoms with Crippen LogP contribution in [0.1, 0.15) is 51.2 Å². The van der Waals surface area contributed by atoms with E-state index in [1.165, 1.54) is 16.7 Å². The predicted octanol–water partition coefficient (Wildman–Crippen LogP) is 5.18. The summed E-state index contributed by atoms with van der Waals surface area (Å²) in [6.45, 7) is 9.54. The summed E-state index contributed by atoms with van der Waals surface area (Å²) in [5.74, 6) is 10.1. The molecule has 0 aliphatic carbocycles. The molecule has 3 heteroatoms. The van der Waals surface area contributed by atoms with Crippen molar-refractivity contribution in [3.05, 3.63) is 77.4 Å². The molecule has 2 aromatic rings. The highest BCUT2D eigenvalue weighted by Gasteiger charge is 2.14. The van der Waals surface area contributed by atoms with Crippen molar-refractivity contribution in [2.45, 2.75) is 46.6 Å². The van der Waals surface area contributed by atoms with E-state index in [1.54, 1.807) is 0 Å². The molecule has 136 valence electrons. The summed E-state index contributed by atoms with van der Waals surface area (Å²) in [4.78, 5) is 0. The Bertz CT molecular complexity index is 614. The first-order chi connectivity index (χ1) is 12.1. The van der Waals surface area contributed by atoms with Crippen molar-refractivity contribution in [1.82, 2.24) is 0 Å². The van der Waals surface area contributed by atoms with Gasteiger partial charge in [-0.2, -0.15) is 0 Å². The zero-order chi connectivity index (χ0) is 18.7. The molecule has 4 N–H and O–H groups in total. The van der Waals surface area contributed by atoms with Crippen LogP contribution in [0.15, 0.2) is 66.2 Å². The number of nitrogens with two attached hydrogens (primary N) is 2. The van der Waals surface area contributed by atoms with Crippen molar-refractivity contribution in [2.24, 2.45) is 17.6 Å². The monoisotopic (exact) mass is 340 g/mol. The molecule has 0 heterocycles. The van der Waals surface area contributed by atoms with Gasteiger partial charge >= 0.3 is 0 Å². The molecule has 0 amide bonds. The number of ether oxygens (including phenoxy) is 1. The van der Waals surface area contributed by atoms with E-state index in [2.05, 4.69) is 81.9 Å². The minimum Gasteiger partial charge on any atom is -0.489 e. The molecular weight excluding hydrogens is 308 g/mol. The Labute approximate surface area is 152 Å². The van der Waals surface area contributed by atoms with E-state index in [0.717, 1.165) is 12.2 Å². The van der Waals surface area contributed by atoms with Crippen molar-refractivity contribution in [2.75, 3.05) is 0 Å². The summed E-state index contributed by atoms with van der Waals surface area (Å²) in [6.07, 6.45) is 3.44. The van der Waals surface area contributed by atoms with Gasteiger partial charge in [0.2, 0.25) is 0 Å². The second-order valence-corrected chi connectivity index (χ2v) is 6.71. The third-order valence-electron chi connectivity index (χ3n) is 4.14. The van der Waals surface area contributed by atoms with Crippen LogP contribution in [0.3, 0.4) is 0 Å². The van der Waals surface area contributed by atoms with Gasteiger partial charge in [-0.05, 0) is 55.4 Å². The van der Waals surface area contributed by atoms with Crippen molar-refractivity contribution < 1.29 is 4.74 Å². The molecule has 0 spiro atoms. The highest BCUT2D eigenvalue weighted by molar-refractivity contribution is 5.30. The first-order valence-corrected chi connectivity index (χ1v) is 8.79. The number of rotatable bonds is 7. The summed E-state index contributed by atoms with van der Waals surface area (Å²) in [5.41, 5.74) is 3.98. The lowest BCUT2D eigenvalue weighted by atomic mass is 9.85. The van der Waals surface area contributed by atoms with Gasteiger partial charge in [0.15, 0.2) is 0 Å². The van der Waals surface area contributed by atoms with Crippen molar-refractivity contribution >= 4 is 0 Å². The molecule has 2 aromatic carbocycles. The molecule has 0 bridgehead atoms. The molecule has 0 fully saturated rings. The van der Waals surface area contributed by atoms with Crippen LogP contribution >= 0.6 is 0 Å². The molecule has 25 heavy (non-hydrogen) atoms. The van der Waals surface area contributed by atoms with Gasteiger partial charge in [0.25, 0.3) is 0 Å². The van der Waals surface area contributed by atoms with Crippen LogP contribution in [0.5, 0.6) is 5.75 Å². The fourth-order valence-electron chi connectivity index (χ4n) is 2.71. The van der Waals surface area contributed by atoms with Crippen LogP contribution in [0.2, 0.25) is 0 Å². The first-order valence-electron chi connectivity index (χ1n) is 8.79. The number of benzene rings is 2. The van der Waals surface area contributed by atoms with Gasteiger partial charge in [-0.3, -0.25) is 11.7 Å². The minimum atomic E-state index is 0.563. The zero-order valence-corrected chi connectivity index (χ0v) is 15.9. The molecule has 0 saturated carbocycles. The Hall–Kier alpha value is -2.10. The number of hydrazine groups is 1. The van der Waals surface area contributed by atoms with Crippen LogP contribution in [-0.2, 0) is 6.61 Å². The molecule has 0 aliphatic rings. The molecule has 1 unspecified atom stereocenters. The Morgan fingerprint density at radius 1 is 0.960 bits per heavy atom. The van der Waals surface area contributed by atoms with Crippen LogP contribution in [0.25, 0.3) is 0 Å². The standard InChI is InChI=1S/C22H28O.H4N2/c1-17(2)10-15-22(18(3)4)20-11-13-21(14-12-20)23-16-19-8-6-5-7-9-19;1-2/h5-14,18,22H,15-16H2,1-4H3;1-2H2. The number of hydrogen-bond acceptors (Lipinski definition) is 3. The van der Waals surface area contributed by atoms with Gasteiger partial charge in [-0.1, -0.05) is 68.0 Å². The lowest BCUT2D eigenvalue weighted by Gasteiger charge is -2.20. The van der Waals surface area contributed by atoms with Crippen molar-refractivity contribution in [3.8, 4) is 5.75 Å². The van der Waals surface area contributed by atoms with Gasteiger partial charge in [0.1, 0.15) is 12.4 Å². The second kappa shape index (κ2) is 11.5. The Balaban J connectivity index is 0.00000151. The van der Waals surface area contributed by atoms with E-state index in [-0.39, 0.29) is 0 Å². The molecule has 0 aliphatic heterocycles. The smallest absolute Gasteiger partial charge is 0.119 e. The summed E-state index contributed by atoms with van der Waals surface area (Å²) in [7, 11) is 0. The van der Waals surface area contributed by atoms with Gasteiger partial charge in [0.05, 0.1) is 0 Å². The molecule has 0 aromatic heterocycles. The van der Waals surface area contributed by atoms with Gasteiger partial charge in [-0.25, -0.2) is 0 Å². The fraction of sp³-hybridized carbons (Fsp3) is 0.364. The van der Waals surface area contributed by atoms with E-state index < -0.39 is 0 Å². The highest BCUT2D eigenvalue weighted by atomic mass is 16.5. The van der Waals surface area contributed by atoms with Gasteiger partial charge in [-0.15, -0.1) is 0 Å². The van der Waals surface area contributed by atoms with Gasteiger partial charge in [0, 0.05) is 0 Å². The average molecular weight is 341 g/mol. The maximum Gasteiger partial charge on any atom is 0.119 e. The Kier molecular flexibility index (Phi) is 9.60. The van der Waals surface area contributed by atoms with Crippen LogP contribution in [-0.4, -0.2) is 0 Å². The van der Waals surface area contributed by atoms with E-state index in [9.17, 15) is 0 Å². The summed E-state index contributed by atoms with van der Waals surface area (Å²) in [6, 6.07) is 18.9. The van der Waals surface area contributed by atoms with Crippen LogP contribution in [0, 0.1) is 5.92 Å². The van der Waals surface area contributed by atoms with E-state index in [4.69, 9.17) is 4.74 Å².